The number of benzene rings is 1. The number of carbonyl (C=O) groups excluding carboxylic acids is 1. The van der Waals surface area contributed by atoms with Gasteiger partial charge in [-0.25, -0.2) is 0 Å². The van der Waals surface area contributed by atoms with Crippen molar-refractivity contribution in [1.82, 2.24) is 0 Å². The summed E-state index contributed by atoms with van der Waals surface area (Å²) in [5.41, 5.74) is 2.24. The number of Topliss-reactive ketones (excluding diaryl/α,β-unsaturated/α-hetero) is 1. The van der Waals surface area contributed by atoms with E-state index in [1.807, 2.05) is 23.9 Å². The molecular formula is C14H13Br3OS2. The van der Waals surface area contributed by atoms with Gasteiger partial charge in [0, 0.05) is 37.1 Å². The topological polar surface area (TPSA) is 17.1 Å². The summed E-state index contributed by atoms with van der Waals surface area (Å²) in [4.78, 5) is 12.5. The summed E-state index contributed by atoms with van der Waals surface area (Å²) in [5, 5.41) is 0.0710. The normalized spacial score (nSPS) is 19.8. The molecule has 0 aliphatic carbocycles. The van der Waals surface area contributed by atoms with Gasteiger partial charge >= 0.3 is 0 Å². The van der Waals surface area contributed by atoms with Crippen molar-refractivity contribution in [3.63, 3.8) is 0 Å². The lowest BCUT2D eigenvalue weighted by molar-refractivity contribution is -0.117. The molecule has 0 radical (unpaired) electrons. The minimum absolute atomic E-state index is 0.0710. The lowest BCUT2D eigenvalue weighted by Gasteiger charge is -2.14. The Labute approximate surface area is 153 Å². The van der Waals surface area contributed by atoms with E-state index in [4.69, 9.17) is 0 Å². The summed E-state index contributed by atoms with van der Waals surface area (Å²) in [6.45, 7) is 4.02. The fourth-order valence-corrected chi connectivity index (χ4v) is 6.89. The van der Waals surface area contributed by atoms with E-state index in [2.05, 4.69) is 54.4 Å². The SMILES string of the molecule is C=C1CSCC(C(=O)Cc2c(Br)cc(Br)cc2Br)SC1. The zero-order valence-corrected chi connectivity index (χ0v) is 17.0. The van der Waals surface area contributed by atoms with Gasteiger partial charge < -0.3 is 0 Å². The Morgan fingerprint density at radius 2 is 1.90 bits per heavy atom. The molecule has 1 atom stereocenters. The number of hydrogen-bond donors (Lipinski definition) is 0. The summed E-state index contributed by atoms with van der Waals surface area (Å²) in [7, 11) is 0. The number of ketones is 1. The van der Waals surface area contributed by atoms with Gasteiger partial charge in [0.15, 0.2) is 5.78 Å². The fourth-order valence-electron chi connectivity index (χ4n) is 1.83. The first kappa shape index (κ1) is 17.1. The standard InChI is InChI=1S/C14H13Br3OS2/c1-8-5-19-7-14(20-6-8)13(18)4-10-11(16)2-9(15)3-12(10)17/h2-3,14H,1,4-7H2. The van der Waals surface area contributed by atoms with Gasteiger partial charge in [-0.05, 0) is 17.7 Å². The van der Waals surface area contributed by atoms with Crippen molar-refractivity contribution in [1.29, 1.82) is 0 Å². The molecule has 20 heavy (non-hydrogen) atoms. The van der Waals surface area contributed by atoms with Crippen LogP contribution in [0.4, 0.5) is 0 Å². The average molecular weight is 501 g/mol. The van der Waals surface area contributed by atoms with Gasteiger partial charge in [-0.2, -0.15) is 11.8 Å². The van der Waals surface area contributed by atoms with Crippen LogP contribution >= 0.6 is 71.3 Å². The van der Waals surface area contributed by atoms with E-state index in [0.29, 0.717) is 12.2 Å². The predicted octanol–water partition coefficient (Wildman–Crippen LogP) is 5.49. The molecule has 0 bridgehead atoms. The van der Waals surface area contributed by atoms with Crippen LogP contribution in [-0.4, -0.2) is 28.3 Å². The molecule has 108 valence electrons. The van der Waals surface area contributed by atoms with Crippen LogP contribution in [0.2, 0.25) is 0 Å². The molecule has 1 aromatic rings. The number of hydrogen-bond acceptors (Lipinski definition) is 3. The van der Waals surface area contributed by atoms with Crippen molar-refractivity contribution >= 4 is 77.1 Å². The van der Waals surface area contributed by atoms with Crippen LogP contribution in [0.25, 0.3) is 0 Å². The van der Waals surface area contributed by atoms with E-state index in [0.717, 1.165) is 36.2 Å². The highest BCUT2D eigenvalue weighted by molar-refractivity contribution is 9.11. The molecule has 1 fully saturated rings. The van der Waals surface area contributed by atoms with Gasteiger partial charge in [0.1, 0.15) is 0 Å². The molecule has 0 aromatic heterocycles. The van der Waals surface area contributed by atoms with Crippen molar-refractivity contribution in [2.24, 2.45) is 0 Å². The Hall–Kier alpha value is 0.770. The van der Waals surface area contributed by atoms with Gasteiger partial charge in [-0.3, -0.25) is 4.79 Å². The van der Waals surface area contributed by atoms with Crippen LogP contribution in [0.5, 0.6) is 0 Å². The molecule has 2 rings (SSSR count). The van der Waals surface area contributed by atoms with Crippen LogP contribution in [0, 0.1) is 0 Å². The zero-order valence-electron chi connectivity index (χ0n) is 10.6. The molecule has 0 spiro atoms. The Morgan fingerprint density at radius 1 is 1.25 bits per heavy atom. The first-order valence-electron chi connectivity index (χ1n) is 5.99. The highest BCUT2D eigenvalue weighted by atomic mass is 79.9. The first-order valence-corrected chi connectivity index (χ1v) is 10.6. The molecule has 6 heteroatoms. The molecule has 0 N–H and O–H groups in total. The highest BCUT2D eigenvalue weighted by Crippen LogP contribution is 2.32. The van der Waals surface area contributed by atoms with E-state index in [1.165, 1.54) is 5.57 Å². The average Bonchev–Trinajstić information content (AvgIpc) is 2.58. The molecule has 1 nitrogen and oxygen atoms in total. The summed E-state index contributed by atoms with van der Waals surface area (Å²) in [5.74, 6) is 3.05. The molecule has 1 aliphatic rings. The predicted molar refractivity (Wildman–Crippen MR) is 101 cm³/mol. The van der Waals surface area contributed by atoms with E-state index < -0.39 is 0 Å². The van der Waals surface area contributed by atoms with Gasteiger partial charge in [-0.15, -0.1) is 11.8 Å². The lowest BCUT2D eigenvalue weighted by atomic mass is 10.1. The van der Waals surface area contributed by atoms with Crippen molar-refractivity contribution in [2.45, 2.75) is 11.7 Å². The third-order valence-electron chi connectivity index (χ3n) is 2.88. The molecule has 1 aliphatic heterocycles. The number of halogens is 3. The molecule has 1 aromatic carbocycles. The minimum atomic E-state index is 0.0710. The lowest BCUT2D eigenvalue weighted by Crippen LogP contribution is -2.22. The Bertz CT molecular complexity index is 522. The Morgan fingerprint density at radius 3 is 2.55 bits per heavy atom. The molecular weight excluding hydrogens is 488 g/mol. The van der Waals surface area contributed by atoms with Gasteiger partial charge in [-0.1, -0.05) is 59.9 Å². The van der Waals surface area contributed by atoms with Crippen molar-refractivity contribution in [3.05, 3.63) is 43.3 Å². The number of carbonyl (C=O) groups is 1. The van der Waals surface area contributed by atoms with Crippen molar-refractivity contribution in [2.75, 3.05) is 17.3 Å². The number of rotatable bonds is 3. The Balaban J connectivity index is 2.10. The maximum Gasteiger partial charge on any atom is 0.151 e. The van der Waals surface area contributed by atoms with Crippen molar-refractivity contribution in [3.8, 4) is 0 Å². The molecule has 1 heterocycles. The van der Waals surface area contributed by atoms with E-state index in [1.54, 1.807) is 11.8 Å². The van der Waals surface area contributed by atoms with Crippen LogP contribution < -0.4 is 0 Å². The van der Waals surface area contributed by atoms with Gasteiger partial charge in [0.05, 0.1) is 5.25 Å². The fraction of sp³-hybridized carbons (Fsp3) is 0.357. The van der Waals surface area contributed by atoms with Crippen LogP contribution in [-0.2, 0) is 11.2 Å². The highest BCUT2D eigenvalue weighted by Gasteiger charge is 2.23. The van der Waals surface area contributed by atoms with Crippen LogP contribution in [0.3, 0.4) is 0 Å². The second-order valence-electron chi connectivity index (χ2n) is 4.56. The first-order chi connectivity index (χ1) is 9.47. The van der Waals surface area contributed by atoms with E-state index in [-0.39, 0.29) is 5.25 Å². The second kappa shape index (κ2) is 7.86. The number of thioether (sulfide) groups is 2. The Kier molecular flexibility index (Phi) is 6.73. The van der Waals surface area contributed by atoms with Crippen molar-refractivity contribution < 1.29 is 4.79 Å². The monoisotopic (exact) mass is 498 g/mol. The maximum absolute atomic E-state index is 12.5. The van der Waals surface area contributed by atoms with E-state index >= 15 is 0 Å². The van der Waals surface area contributed by atoms with Gasteiger partial charge in [0.2, 0.25) is 0 Å². The molecule has 1 saturated heterocycles. The summed E-state index contributed by atoms with van der Waals surface area (Å²) >= 11 is 14.1. The molecule has 0 saturated carbocycles. The van der Waals surface area contributed by atoms with Crippen LogP contribution in [0.15, 0.2) is 37.7 Å². The summed E-state index contributed by atoms with van der Waals surface area (Å²) in [6, 6.07) is 3.95. The van der Waals surface area contributed by atoms with E-state index in [9.17, 15) is 4.79 Å². The minimum Gasteiger partial charge on any atom is -0.298 e. The maximum atomic E-state index is 12.5. The smallest absolute Gasteiger partial charge is 0.151 e. The third-order valence-corrected chi connectivity index (χ3v) is 7.55. The molecule has 0 amide bonds. The second-order valence-corrected chi connectivity index (χ2v) is 9.40. The molecule has 1 unspecified atom stereocenters. The quantitative estimate of drug-likeness (QED) is 0.511. The van der Waals surface area contributed by atoms with Gasteiger partial charge in [0.25, 0.3) is 0 Å². The van der Waals surface area contributed by atoms with Crippen LogP contribution in [0.1, 0.15) is 5.56 Å². The largest absolute Gasteiger partial charge is 0.298 e. The summed E-state index contributed by atoms with van der Waals surface area (Å²) < 4.78 is 2.91. The summed E-state index contributed by atoms with van der Waals surface area (Å²) in [6.07, 6.45) is 0.457. The third kappa shape index (κ3) is 4.63. The zero-order chi connectivity index (χ0) is 14.7.